The van der Waals surface area contributed by atoms with E-state index in [0.29, 0.717) is 0 Å². The van der Waals surface area contributed by atoms with Crippen molar-refractivity contribution in [2.45, 2.75) is 34.6 Å². The molecule has 2 aromatic heterocycles. The summed E-state index contributed by atoms with van der Waals surface area (Å²) in [4.78, 5) is 5.16. The Labute approximate surface area is 228 Å². The van der Waals surface area contributed by atoms with Crippen LogP contribution in [0.4, 0.5) is 0 Å². The van der Waals surface area contributed by atoms with E-state index in [2.05, 4.69) is 124 Å². The monoisotopic (exact) mass is 506 g/mol. The van der Waals surface area contributed by atoms with Gasteiger partial charge in [-0.2, -0.15) is 0 Å². The molecule has 190 valence electrons. The molecule has 5 aromatic carbocycles. The predicted octanol–water partition coefficient (Wildman–Crippen LogP) is 9.80. The van der Waals surface area contributed by atoms with Crippen molar-refractivity contribution >= 4 is 33.0 Å². The first-order valence-corrected chi connectivity index (χ1v) is 13.5. The number of imidazole rings is 1. The van der Waals surface area contributed by atoms with E-state index in [9.17, 15) is 0 Å². The maximum absolute atomic E-state index is 6.60. The summed E-state index contributed by atoms with van der Waals surface area (Å²) < 4.78 is 8.90. The van der Waals surface area contributed by atoms with E-state index in [1.54, 1.807) is 0 Å². The molecular weight excluding hydrogens is 476 g/mol. The van der Waals surface area contributed by atoms with Gasteiger partial charge in [0.15, 0.2) is 0 Å². The minimum Gasteiger partial charge on any atom is -0.455 e. The van der Waals surface area contributed by atoms with Crippen molar-refractivity contribution in [2.75, 3.05) is 0 Å². The SMILES string of the molecule is Cc1cc(C)c(-c2ccc3oc4c(-c5nc6ccccc6n5-c5c(C)cccc5C)cccc4c3c2)c(C)c1. The molecule has 7 rings (SSSR count). The van der Waals surface area contributed by atoms with Gasteiger partial charge in [-0.25, -0.2) is 4.98 Å². The smallest absolute Gasteiger partial charge is 0.149 e. The first-order chi connectivity index (χ1) is 18.9. The number of nitrogens with zero attached hydrogens (tertiary/aromatic N) is 2. The molecule has 0 amide bonds. The van der Waals surface area contributed by atoms with Crippen LogP contribution in [0.3, 0.4) is 0 Å². The first kappa shape index (κ1) is 23.5. The summed E-state index contributed by atoms with van der Waals surface area (Å²) in [5.74, 6) is 0.892. The van der Waals surface area contributed by atoms with Crippen molar-refractivity contribution in [3.63, 3.8) is 0 Å². The van der Waals surface area contributed by atoms with Gasteiger partial charge in [0.2, 0.25) is 0 Å². The van der Waals surface area contributed by atoms with E-state index < -0.39 is 0 Å². The quantitative estimate of drug-likeness (QED) is 0.239. The van der Waals surface area contributed by atoms with Crippen molar-refractivity contribution in [2.24, 2.45) is 0 Å². The fourth-order valence-electron chi connectivity index (χ4n) is 6.36. The molecule has 0 spiro atoms. The molecule has 0 unspecified atom stereocenters. The zero-order valence-corrected chi connectivity index (χ0v) is 23.0. The number of rotatable bonds is 3. The fourth-order valence-corrected chi connectivity index (χ4v) is 6.36. The van der Waals surface area contributed by atoms with E-state index in [1.807, 2.05) is 6.07 Å². The van der Waals surface area contributed by atoms with Crippen molar-refractivity contribution < 1.29 is 4.42 Å². The van der Waals surface area contributed by atoms with Crippen LogP contribution in [-0.2, 0) is 0 Å². The number of furan rings is 1. The Kier molecular flexibility index (Phi) is 5.24. The fraction of sp³-hybridized carbons (Fsp3) is 0.139. The minimum atomic E-state index is 0.866. The number of para-hydroxylation sites is 4. The van der Waals surface area contributed by atoms with Gasteiger partial charge in [-0.3, -0.25) is 4.57 Å². The second-order valence-electron chi connectivity index (χ2n) is 10.8. The first-order valence-electron chi connectivity index (χ1n) is 13.5. The summed E-state index contributed by atoms with van der Waals surface area (Å²) >= 11 is 0. The standard InChI is InChI=1S/C36H30N2O/c1-21-18-24(4)33(25(5)19-21)26-16-17-32-29(20-26)27-12-9-13-28(35(27)39-32)36-37-30-14-6-7-15-31(30)38(36)34-22(2)10-8-11-23(34)3/h6-20H,1-5H3. The molecule has 0 saturated carbocycles. The highest BCUT2D eigenvalue weighted by molar-refractivity contribution is 6.10. The van der Waals surface area contributed by atoms with Crippen LogP contribution in [0.25, 0.3) is 61.2 Å². The summed E-state index contributed by atoms with van der Waals surface area (Å²) in [5, 5.41) is 2.23. The van der Waals surface area contributed by atoms with E-state index in [4.69, 9.17) is 9.40 Å². The summed E-state index contributed by atoms with van der Waals surface area (Å²) in [7, 11) is 0. The summed E-state index contributed by atoms with van der Waals surface area (Å²) in [6.07, 6.45) is 0. The third-order valence-corrected chi connectivity index (χ3v) is 7.93. The summed E-state index contributed by atoms with van der Waals surface area (Å²) in [6.45, 7) is 10.9. The Balaban J connectivity index is 1.51. The van der Waals surface area contributed by atoms with Gasteiger partial charge in [0.25, 0.3) is 0 Å². The molecule has 7 aromatic rings. The van der Waals surface area contributed by atoms with Crippen LogP contribution < -0.4 is 0 Å². The molecule has 0 aliphatic heterocycles. The Morgan fingerprint density at radius 1 is 0.641 bits per heavy atom. The van der Waals surface area contributed by atoms with Gasteiger partial charge in [-0.1, -0.05) is 66.2 Å². The molecule has 0 saturated heterocycles. The third-order valence-electron chi connectivity index (χ3n) is 7.93. The van der Waals surface area contributed by atoms with Gasteiger partial charge in [0, 0.05) is 10.8 Å². The van der Waals surface area contributed by atoms with Crippen LogP contribution in [0.5, 0.6) is 0 Å². The van der Waals surface area contributed by atoms with Gasteiger partial charge in [-0.15, -0.1) is 0 Å². The van der Waals surface area contributed by atoms with Crippen LogP contribution >= 0.6 is 0 Å². The van der Waals surface area contributed by atoms with Crippen molar-refractivity contribution in [1.29, 1.82) is 0 Å². The highest BCUT2D eigenvalue weighted by atomic mass is 16.3. The zero-order chi connectivity index (χ0) is 26.8. The van der Waals surface area contributed by atoms with Crippen LogP contribution in [0, 0.1) is 34.6 Å². The lowest BCUT2D eigenvalue weighted by atomic mass is 9.93. The topological polar surface area (TPSA) is 31.0 Å². The zero-order valence-electron chi connectivity index (χ0n) is 23.0. The van der Waals surface area contributed by atoms with Crippen LogP contribution in [-0.4, -0.2) is 9.55 Å². The average Bonchev–Trinajstić information content (AvgIpc) is 3.47. The lowest BCUT2D eigenvalue weighted by Gasteiger charge is -2.15. The lowest BCUT2D eigenvalue weighted by Crippen LogP contribution is -2.02. The molecule has 2 heterocycles. The molecule has 39 heavy (non-hydrogen) atoms. The number of aryl methyl sites for hydroxylation is 5. The van der Waals surface area contributed by atoms with Crippen LogP contribution in [0.15, 0.2) is 95.4 Å². The van der Waals surface area contributed by atoms with Crippen molar-refractivity contribution in [1.82, 2.24) is 9.55 Å². The van der Waals surface area contributed by atoms with Crippen LogP contribution in [0.2, 0.25) is 0 Å². The van der Waals surface area contributed by atoms with Gasteiger partial charge in [0.05, 0.1) is 22.3 Å². The molecule has 0 N–H and O–H groups in total. The third kappa shape index (κ3) is 3.61. The molecule has 3 heteroatoms. The maximum atomic E-state index is 6.60. The summed E-state index contributed by atoms with van der Waals surface area (Å²) in [6, 6.07) is 32.3. The molecule has 0 bridgehead atoms. The number of hydrogen-bond acceptors (Lipinski definition) is 2. The number of benzene rings is 5. The van der Waals surface area contributed by atoms with Gasteiger partial charge in [-0.05, 0) is 98.3 Å². The Morgan fingerprint density at radius 2 is 1.36 bits per heavy atom. The lowest BCUT2D eigenvalue weighted by molar-refractivity contribution is 0.669. The predicted molar refractivity (Wildman–Crippen MR) is 163 cm³/mol. The van der Waals surface area contributed by atoms with Crippen molar-refractivity contribution in [3.8, 4) is 28.2 Å². The Morgan fingerprint density at radius 3 is 2.13 bits per heavy atom. The van der Waals surface area contributed by atoms with Crippen LogP contribution in [0.1, 0.15) is 27.8 Å². The van der Waals surface area contributed by atoms with Crippen molar-refractivity contribution in [3.05, 3.63) is 119 Å². The molecule has 0 atom stereocenters. The van der Waals surface area contributed by atoms with Gasteiger partial charge >= 0.3 is 0 Å². The number of hydrogen-bond donors (Lipinski definition) is 0. The van der Waals surface area contributed by atoms with E-state index >= 15 is 0 Å². The number of fused-ring (bicyclic) bond motifs is 4. The average molecular weight is 507 g/mol. The van der Waals surface area contributed by atoms with E-state index in [0.717, 1.165) is 44.4 Å². The molecular formula is C36H30N2O. The Bertz CT molecular complexity index is 2030. The van der Waals surface area contributed by atoms with E-state index in [1.165, 1.54) is 44.6 Å². The highest BCUT2D eigenvalue weighted by Crippen LogP contribution is 2.40. The second-order valence-corrected chi connectivity index (χ2v) is 10.8. The molecule has 0 radical (unpaired) electrons. The second kappa shape index (κ2) is 8.71. The minimum absolute atomic E-state index is 0.866. The largest absolute Gasteiger partial charge is 0.455 e. The molecule has 0 aliphatic rings. The highest BCUT2D eigenvalue weighted by Gasteiger charge is 2.21. The van der Waals surface area contributed by atoms with E-state index in [-0.39, 0.29) is 0 Å². The normalized spacial score (nSPS) is 11.7. The number of aromatic nitrogens is 2. The molecule has 0 fully saturated rings. The molecule has 0 aliphatic carbocycles. The molecule has 3 nitrogen and oxygen atoms in total. The van der Waals surface area contributed by atoms with Gasteiger partial charge < -0.3 is 4.42 Å². The Hall–Kier alpha value is -4.63. The van der Waals surface area contributed by atoms with Gasteiger partial charge in [0.1, 0.15) is 17.0 Å². The summed E-state index contributed by atoms with van der Waals surface area (Å²) in [5.41, 5.74) is 14.8. The maximum Gasteiger partial charge on any atom is 0.149 e.